The second kappa shape index (κ2) is 7.54. The summed E-state index contributed by atoms with van der Waals surface area (Å²) in [4.78, 5) is 12.4. The number of sulfonamides is 1. The summed E-state index contributed by atoms with van der Waals surface area (Å²) < 4.78 is 52.5. The second-order valence-corrected chi connectivity index (χ2v) is 7.61. The van der Waals surface area contributed by atoms with Gasteiger partial charge in [0.15, 0.2) is 11.6 Å². The van der Waals surface area contributed by atoms with Gasteiger partial charge in [0, 0.05) is 19.1 Å². The maximum Gasteiger partial charge on any atom is 0.317 e. The van der Waals surface area contributed by atoms with E-state index in [2.05, 4.69) is 0 Å². The Hall–Kier alpha value is -1.58. The molecule has 6 nitrogen and oxygen atoms in total. The fourth-order valence-corrected chi connectivity index (χ4v) is 4.39. The molecule has 0 spiro atoms. The molecule has 1 aromatic rings. The number of piperidine rings is 1. The Bertz CT molecular complexity index is 703. The summed E-state index contributed by atoms with van der Waals surface area (Å²) in [5.74, 6) is -3.22. The van der Waals surface area contributed by atoms with Crippen molar-refractivity contribution in [3.8, 4) is 0 Å². The minimum atomic E-state index is -3.89. The van der Waals surface area contributed by atoms with Crippen molar-refractivity contribution in [3.05, 3.63) is 29.8 Å². The molecule has 0 aliphatic carbocycles. The van der Waals surface area contributed by atoms with E-state index in [1.165, 1.54) is 4.31 Å². The molecule has 0 unspecified atom stereocenters. The van der Waals surface area contributed by atoms with Crippen molar-refractivity contribution in [3.63, 3.8) is 0 Å². The van der Waals surface area contributed by atoms with Gasteiger partial charge in [-0.15, -0.1) is 0 Å². The van der Waals surface area contributed by atoms with Crippen molar-refractivity contribution in [2.75, 3.05) is 26.2 Å². The smallest absolute Gasteiger partial charge is 0.317 e. The molecule has 24 heavy (non-hydrogen) atoms. The molecule has 0 radical (unpaired) electrons. The van der Waals surface area contributed by atoms with Crippen LogP contribution in [-0.4, -0.2) is 60.9 Å². The number of hydrogen-bond acceptors (Lipinski definition) is 4. The minimum absolute atomic E-state index is 0.0116. The van der Waals surface area contributed by atoms with Gasteiger partial charge < -0.3 is 5.11 Å². The summed E-state index contributed by atoms with van der Waals surface area (Å²) in [5.41, 5.74) is 0. The third-order valence-electron chi connectivity index (χ3n) is 4.21. The predicted molar refractivity (Wildman–Crippen MR) is 83.0 cm³/mol. The highest BCUT2D eigenvalue weighted by atomic mass is 32.2. The van der Waals surface area contributed by atoms with E-state index < -0.39 is 27.6 Å². The van der Waals surface area contributed by atoms with E-state index in [1.807, 2.05) is 6.92 Å². The third-order valence-corrected chi connectivity index (χ3v) is 6.11. The molecule has 2 rings (SSSR count). The van der Waals surface area contributed by atoms with Crippen LogP contribution in [0.1, 0.15) is 19.8 Å². The molecular weight excluding hydrogens is 342 g/mol. The van der Waals surface area contributed by atoms with Gasteiger partial charge in [0.25, 0.3) is 0 Å². The molecule has 1 aliphatic rings. The van der Waals surface area contributed by atoms with Crippen LogP contribution in [-0.2, 0) is 14.8 Å². The van der Waals surface area contributed by atoms with Gasteiger partial charge >= 0.3 is 5.97 Å². The van der Waals surface area contributed by atoms with Gasteiger partial charge in [-0.1, -0.05) is 6.92 Å². The molecule has 1 aromatic carbocycles. The number of carboxylic acid groups (broad SMARTS) is 1. The Labute approximate surface area is 139 Å². The average Bonchev–Trinajstić information content (AvgIpc) is 2.55. The lowest BCUT2D eigenvalue weighted by Crippen LogP contribution is -2.48. The highest BCUT2D eigenvalue weighted by Gasteiger charge is 2.32. The van der Waals surface area contributed by atoms with E-state index in [0.29, 0.717) is 25.5 Å². The molecule has 134 valence electrons. The quantitative estimate of drug-likeness (QED) is 0.830. The summed E-state index contributed by atoms with van der Waals surface area (Å²) in [6, 6.07) is 2.51. The molecule has 0 atom stereocenters. The number of carboxylic acids is 1. The van der Waals surface area contributed by atoms with Gasteiger partial charge in [0.2, 0.25) is 10.0 Å². The highest BCUT2D eigenvalue weighted by molar-refractivity contribution is 7.89. The lowest BCUT2D eigenvalue weighted by molar-refractivity contribution is -0.139. The van der Waals surface area contributed by atoms with Crippen molar-refractivity contribution in [2.45, 2.75) is 30.7 Å². The van der Waals surface area contributed by atoms with Crippen LogP contribution in [0.4, 0.5) is 8.78 Å². The highest BCUT2D eigenvalue weighted by Crippen LogP contribution is 2.24. The largest absolute Gasteiger partial charge is 0.480 e. The SMILES string of the molecule is CCN(CC(=O)O)C1CCN(S(=O)(=O)c2ccc(F)c(F)c2)CC1. The van der Waals surface area contributed by atoms with Crippen LogP contribution >= 0.6 is 0 Å². The standard InChI is InChI=1S/C15H20F2N2O4S/c1-2-18(10-15(20)21)11-5-7-19(8-6-11)24(22,23)12-3-4-13(16)14(17)9-12/h3-4,9,11H,2,5-8,10H2,1H3,(H,20,21). The van der Waals surface area contributed by atoms with E-state index in [0.717, 1.165) is 12.1 Å². The van der Waals surface area contributed by atoms with E-state index >= 15 is 0 Å². The van der Waals surface area contributed by atoms with Gasteiger partial charge in [-0.3, -0.25) is 9.69 Å². The minimum Gasteiger partial charge on any atom is -0.480 e. The van der Waals surface area contributed by atoms with E-state index in [9.17, 15) is 22.0 Å². The van der Waals surface area contributed by atoms with Crippen LogP contribution in [0.3, 0.4) is 0 Å². The molecule has 1 fully saturated rings. The molecule has 0 bridgehead atoms. The summed E-state index contributed by atoms with van der Waals surface area (Å²) in [6.07, 6.45) is 0.980. The van der Waals surface area contributed by atoms with Gasteiger partial charge in [0.05, 0.1) is 11.4 Å². The average molecular weight is 362 g/mol. The third kappa shape index (κ3) is 4.08. The maximum atomic E-state index is 13.3. The zero-order valence-corrected chi connectivity index (χ0v) is 14.1. The zero-order valence-electron chi connectivity index (χ0n) is 13.3. The van der Waals surface area contributed by atoms with Crippen molar-refractivity contribution in [1.82, 2.24) is 9.21 Å². The summed E-state index contributed by atoms with van der Waals surface area (Å²) >= 11 is 0. The number of halogens is 2. The van der Waals surface area contributed by atoms with E-state index in [1.54, 1.807) is 4.90 Å². The van der Waals surface area contributed by atoms with Crippen molar-refractivity contribution < 1.29 is 27.1 Å². The molecular formula is C15H20F2N2O4S. The molecule has 1 N–H and O–H groups in total. The van der Waals surface area contributed by atoms with Gasteiger partial charge in [-0.25, -0.2) is 17.2 Å². The van der Waals surface area contributed by atoms with Crippen molar-refractivity contribution in [2.24, 2.45) is 0 Å². The van der Waals surface area contributed by atoms with Gasteiger partial charge in [-0.05, 0) is 37.6 Å². The number of benzene rings is 1. The Balaban J connectivity index is 2.07. The molecule has 0 aromatic heterocycles. The van der Waals surface area contributed by atoms with Crippen LogP contribution in [0.5, 0.6) is 0 Å². The zero-order chi connectivity index (χ0) is 17.9. The molecule has 1 saturated heterocycles. The summed E-state index contributed by atoms with van der Waals surface area (Å²) in [7, 11) is -3.89. The van der Waals surface area contributed by atoms with E-state index in [4.69, 9.17) is 5.11 Å². The molecule has 0 saturated carbocycles. The van der Waals surface area contributed by atoms with Crippen molar-refractivity contribution in [1.29, 1.82) is 0 Å². The number of hydrogen-bond donors (Lipinski definition) is 1. The molecule has 1 heterocycles. The number of carbonyl (C=O) groups is 1. The van der Waals surface area contributed by atoms with Crippen molar-refractivity contribution >= 4 is 16.0 Å². The van der Waals surface area contributed by atoms with Crippen LogP contribution in [0.25, 0.3) is 0 Å². The Kier molecular flexibility index (Phi) is 5.89. The fourth-order valence-electron chi connectivity index (χ4n) is 2.91. The topological polar surface area (TPSA) is 77.9 Å². The monoisotopic (exact) mass is 362 g/mol. The predicted octanol–water partition coefficient (Wildman–Crippen LogP) is 1.52. The molecule has 0 amide bonds. The fraction of sp³-hybridized carbons (Fsp3) is 0.533. The number of likely N-dealkylation sites (N-methyl/N-ethyl adjacent to an activating group) is 1. The molecule has 1 aliphatic heterocycles. The Morgan fingerprint density at radius 2 is 1.92 bits per heavy atom. The first-order valence-electron chi connectivity index (χ1n) is 7.66. The number of aliphatic carboxylic acids is 1. The van der Waals surface area contributed by atoms with Gasteiger partial charge in [0.1, 0.15) is 0 Å². The maximum absolute atomic E-state index is 13.3. The number of rotatable bonds is 6. The van der Waals surface area contributed by atoms with Gasteiger partial charge in [-0.2, -0.15) is 4.31 Å². The van der Waals surface area contributed by atoms with Crippen LogP contribution < -0.4 is 0 Å². The van der Waals surface area contributed by atoms with E-state index in [-0.39, 0.29) is 30.6 Å². The van der Waals surface area contributed by atoms with Crippen LogP contribution in [0, 0.1) is 11.6 Å². The summed E-state index contributed by atoms with van der Waals surface area (Å²) in [6.45, 7) is 2.75. The normalized spacial score (nSPS) is 17.3. The summed E-state index contributed by atoms with van der Waals surface area (Å²) in [5, 5.41) is 8.91. The molecule has 9 heteroatoms. The van der Waals surface area contributed by atoms with Crippen LogP contribution in [0.15, 0.2) is 23.1 Å². The number of nitrogens with zero attached hydrogens (tertiary/aromatic N) is 2. The Morgan fingerprint density at radius 1 is 1.29 bits per heavy atom. The lowest BCUT2D eigenvalue weighted by Gasteiger charge is -2.36. The first-order valence-corrected chi connectivity index (χ1v) is 9.10. The first-order chi connectivity index (χ1) is 11.3. The van der Waals surface area contributed by atoms with Crippen LogP contribution in [0.2, 0.25) is 0 Å². The lowest BCUT2D eigenvalue weighted by atomic mass is 10.0. The second-order valence-electron chi connectivity index (χ2n) is 5.67. The Morgan fingerprint density at radius 3 is 2.42 bits per heavy atom. The first kappa shape index (κ1) is 18.8.